The summed E-state index contributed by atoms with van der Waals surface area (Å²) in [6, 6.07) is 13.5. The normalized spacial score (nSPS) is 11.2. The van der Waals surface area contributed by atoms with Gasteiger partial charge in [-0.15, -0.1) is 0 Å². The van der Waals surface area contributed by atoms with Gasteiger partial charge in [0.2, 0.25) is 11.8 Å². The molecule has 5 aromatic heterocycles. The van der Waals surface area contributed by atoms with E-state index in [0.717, 1.165) is 11.4 Å². The lowest BCUT2D eigenvalue weighted by Gasteiger charge is -2.11. The highest BCUT2D eigenvalue weighted by molar-refractivity contribution is 6.11. The Morgan fingerprint density at radius 2 is 1.95 bits per heavy atom. The molecule has 3 N–H and O–H groups in total. The predicted molar refractivity (Wildman–Crippen MR) is 141 cm³/mol. The van der Waals surface area contributed by atoms with Gasteiger partial charge in [-0.2, -0.15) is 0 Å². The minimum Gasteiger partial charge on any atom is -0.436 e. The van der Waals surface area contributed by atoms with E-state index in [9.17, 15) is 4.79 Å². The summed E-state index contributed by atoms with van der Waals surface area (Å²) in [4.78, 5) is 29.1. The van der Waals surface area contributed by atoms with E-state index in [1.165, 1.54) is 19.3 Å². The molecule has 0 unspecified atom stereocenters. The minimum atomic E-state index is -0.581. The fourth-order valence-electron chi connectivity index (χ4n) is 4.46. The zero-order valence-corrected chi connectivity index (χ0v) is 20.4. The van der Waals surface area contributed by atoms with E-state index in [4.69, 9.17) is 10.5 Å². The summed E-state index contributed by atoms with van der Waals surface area (Å²) >= 11 is 0. The summed E-state index contributed by atoms with van der Waals surface area (Å²) in [6.07, 6.45) is 6.67. The number of rotatable bonds is 5. The molecule has 0 saturated heterocycles. The summed E-state index contributed by atoms with van der Waals surface area (Å²) in [5, 5.41) is 3.33. The quantitative estimate of drug-likeness (QED) is 0.339. The van der Waals surface area contributed by atoms with Crippen molar-refractivity contribution in [1.29, 1.82) is 0 Å². The highest BCUT2D eigenvalue weighted by Gasteiger charge is 2.24. The molecule has 5 heterocycles. The largest absolute Gasteiger partial charge is 0.436 e. The van der Waals surface area contributed by atoms with Gasteiger partial charge in [-0.1, -0.05) is 12.1 Å². The molecule has 11 heteroatoms. The first kappa shape index (κ1) is 23.1. The van der Waals surface area contributed by atoms with Crippen LogP contribution in [0.5, 0.6) is 11.6 Å². The molecule has 0 atom stereocenters. The molecular weight excluding hydrogens is 487 g/mol. The third kappa shape index (κ3) is 3.95. The van der Waals surface area contributed by atoms with Crippen molar-refractivity contribution in [3.8, 4) is 28.4 Å². The van der Waals surface area contributed by atoms with Crippen LogP contribution in [0.15, 0.2) is 73.4 Å². The van der Waals surface area contributed by atoms with Crippen molar-refractivity contribution in [3.05, 3.63) is 85.0 Å². The number of halogens is 1. The summed E-state index contributed by atoms with van der Waals surface area (Å²) in [5.74, 6) is 0.107. The van der Waals surface area contributed by atoms with Gasteiger partial charge in [0.05, 0.1) is 11.1 Å². The van der Waals surface area contributed by atoms with Crippen LogP contribution in [-0.4, -0.2) is 34.8 Å². The fourth-order valence-corrected chi connectivity index (χ4v) is 4.46. The molecule has 6 rings (SSSR count). The number of nitrogens with two attached hydrogens (primary N) is 1. The average molecular weight is 509 g/mol. The van der Waals surface area contributed by atoms with E-state index in [-0.39, 0.29) is 11.7 Å². The number of ether oxygens (including phenoxy) is 1. The van der Waals surface area contributed by atoms with Crippen LogP contribution in [0.4, 0.5) is 16.0 Å². The number of nitrogens with zero attached hydrogens (tertiary/aromatic N) is 6. The standard InChI is InChI=1S/C27H21FN8O2/c1-15-4-3-5-22(33-15)38-20-7-6-17(12-19(20)28)23-24-25(34-16(2)37)31-14-32-26(24)36-11-10-35(27(23)36)18-8-9-30-21(29)13-18/h3-14H,1-2H3,(H2,29,30)(H,31,32,34,37). The van der Waals surface area contributed by atoms with Gasteiger partial charge in [0.15, 0.2) is 17.2 Å². The van der Waals surface area contributed by atoms with Crippen LogP contribution in [0.25, 0.3) is 33.5 Å². The van der Waals surface area contributed by atoms with Gasteiger partial charge >= 0.3 is 0 Å². The molecule has 0 aliphatic heterocycles. The van der Waals surface area contributed by atoms with Gasteiger partial charge < -0.3 is 20.4 Å². The maximum absolute atomic E-state index is 15.4. The molecule has 10 nitrogen and oxygen atoms in total. The number of anilines is 2. The van der Waals surface area contributed by atoms with Gasteiger partial charge in [0, 0.05) is 48.9 Å². The highest BCUT2D eigenvalue weighted by atomic mass is 19.1. The lowest BCUT2D eigenvalue weighted by Crippen LogP contribution is -2.08. The first-order valence-electron chi connectivity index (χ1n) is 11.7. The van der Waals surface area contributed by atoms with Gasteiger partial charge in [0.25, 0.3) is 0 Å². The van der Waals surface area contributed by atoms with Gasteiger partial charge in [-0.3, -0.25) is 9.20 Å². The predicted octanol–water partition coefficient (Wildman–Crippen LogP) is 4.91. The van der Waals surface area contributed by atoms with E-state index in [1.807, 2.05) is 40.4 Å². The van der Waals surface area contributed by atoms with Gasteiger partial charge in [-0.25, -0.2) is 24.3 Å². The second-order valence-corrected chi connectivity index (χ2v) is 8.64. The maximum atomic E-state index is 15.4. The van der Waals surface area contributed by atoms with Crippen molar-refractivity contribution in [3.63, 3.8) is 0 Å². The average Bonchev–Trinajstić information content (AvgIpc) is 3.44. The van der Waals surface area contributed by atoms with Crippen molar-refractivity contribution >= 4 is 34.2 Å². The van der Waals surface area contributed by atoms with Crippen LogP contribution in [0.2, 0.25) is 0 Å². The van der Waals surface area contributed by atoms with Crippen molar-refractivity contribution in [2.75, 3.05) is 11.1 Å². The first-order valence-corrected chi connectivity index (χ1v) is 11.7. The van der Waals surface area contributed by atoms with Crippen LogP contribution >= 0.6 is 0 Å². The number of amides is 1. The second-order valence-electron chi connectivity index (χ2n) is 8.64. The first-order chi connectivity index (χ1) is 18.4. The molecule has 0 aliphatic rings. The zero-order chi connectivity index (χ0) is 26.4. The van der Waals surface area contributed by atoms with Crippen molar-refractivity contribution in [1.82, 2.24) is 28.9 Å². The second kappa shape index (κ2) is 8.96. The highest BCUT2D eigenvalue weighted by Crippen LogP contribution is 2.40. The van der Waals surface area contributed by atoms with Crippen molar-refractivity contribution < 1.29 is 13.9 Å². The number of pyridine rings is 2. The third-order valence-electron chi connectivity index (χ3n) is 5.99. The lowest BCUT2D eigenvalue weighted by atomic mass is 10.0. The van der Waals surface area contributed by atoms with E-state index in [2.05, 4.69) is 25.3 Å². The summed E-state index contributed by atoms with van der Waals surface area (Å²) < 4.78 is 24.9. The van der Waals surface area contributed by atoms with E-state index >= 15 is 4.39 Å². The van der Waals surface area contributed by atoms with Gasteiger partial charge in [0.1, 0.15) is 23.6 Å². The number of nitrogen functional groups attached to an aromatic ring is 1. The van der Waals surface area contributed by atoms with E-state index in [0.29, 0.717) is 45.3 Å². The molecule has 0 saturated carbocycles. The SMILES string of the molecule is CC(=O)Nc1ncnc2c1c(-c1ccc(Oc3cccc(C)n3)c(F)c1)c1n(-c3ccnc(N)c3)ccn21. The number of nitrogens with one attached hydrogen (secondary N) is 1. The molecule has 0 radical (unpaired) electrons. The number of imidazole rings is 1. The maximum Gasteiger partial charge on any atom is 0.222 e. The number of aromatic nitrogens is 6. The molecule has 0 bridgehead atoms. The Morgan fingerprint density at radius 1 is 1.08 bits per heavy atom. The Morgan fingerprint density at radius 3 is 2.71 bits per heavy atom. The Labute approximate surface area is 215 Å². The molecule has 0 spiro atoms. The number of hydrogen-bond acceptors (Lipinski definition) is 7. The molecule has 188 valence electrons. The van der Waals surface area contributed by atoms with Crippen LogP contribution in [0.3, 0.4) is 0 Å². The number of fused-ring (bicyclic) bond motifs is 3. The van der Waals surface area contributed by atoms with Crippen LogP contribution in [0.1, 0.15) is 12.6 Å². The Hall–Kier alpha value is -5.32. The van der Waals surface area contributed by atoms with E-state index in [1.54, 1.807) is 36.5 Å². The topological polar surface area (TPSA) is 125 Å². The van der Waals surface area contributed by atoms with Crippen LogP contribution in [0, 0.1) is 12.7 Å². The Bertz CT molecular complexity index is 1860. The molecule has 38 heavy (non-hydrogen) atoms. The van der Waals surface area contributed by atoms with Crippen molar-refractivity contribution in [2.45, 2.75) is 13.8 Å². The molecule has 1 amide bonds. The molecule has 0 fully saturated rings. The van der Waals surface area contributed by atoms with Crippen LogP contribution < -0.4 is 15.8 Å². The Balaban J connectivity index is 1.59. The van der Waals surface area contributed by atoms with Crippen molar-refractivity contribution in [2.24, 2.45) is 0 Å². The summed E-state index contributed by atoms with van der Waals surface area (Å²) in [5.41, 5.74) is 9.81. The fraction of sp³-hybridized carbons (Fsp3) is 0.0741. The number of benzene rings is 1. The summed E-state index contributed by atoms with van der Waals surface area (Å²) in [6.45, 7) is 3.23. The Kier molecular flexibility index (Phi) is 5.45. The lowest BCUT2D eigenvalue weighted by molar-refractivity contribution is -0.114. The number of hydrogen-bond donors (Lipinski definition) is 2. The molecular formula is C27H21FN8O2. The van der Waals surface area contributed by atoms with E-state index < -0.39 is 5.82 Å². The monoisotopic (exact) mass is 508 g/mol. The smallest absolute Gasteiger partial charge is 0.222 e. The molecule has 1 aromatic carbocycles. The number of carbonyl (C=O) groups is 1. The minimum absolute atomic E-state index is 0.0298. The van der Waals surface area contributed by atoms with Gasteiger partial charge in [-0.05, 0) is 36.8 Å². The van der Waals surface area contributed by atoms with Crippen LogP contribution in [-0.2, 0) is 4.79 Å². The zero-order valence-electron chi connectivity index (χ0n) is 20.4. The molecule has 0 aliphatic carbocycles. The number of aryl methyl sites for hydroxylation is 1. The summed E-state index contributed by atoms with van der Waals surface area (Å²) in [7, 11) is 0. The third-order valence-corrected chi connectivity index (χ3v) is 5.99. The molecule has 6 aromatic rings. The number of carbonyl (C=O) groups excluding carboxylic acids is 1.